The Labute approximate surface area is 315 Å². The highest BCUT2D eigenvalue weighted by Crippen LogP contribution is 2.45. The molecule has 2 fully saturated rings. The molecule has 1 saturated carbocycles. The molecule has 1 aromatic carbocycles. The second-order valence-corrected chi connectivity index (χ2v) is 12.3. The summed E-state index contributed by atoms with van der Waals surface area (Å²) in [5, 5.41) is 12.2. The van der Waals surface area contributed by atoms with Crippen molar-refractivity contribution < 1.29 is 95.5 Å². The van der Waals surface area contributed by atoms with Crippen LogP contribution in [0.3, 0.4) is 0 Å². The zero-order valence-corrected chi connectivity index (χ0v) is 32.0. The first-order valence-electron chi connectivity index (χ1n) is 16.9. The maximum absolute atomic E-state index is 13.8. The zero-order valence-electron chi connectivity index (χ0n) is 32.0. The molecule has 0 amide bonds. The van der Waals surface area contributed by atoms with Gasteiger partial charge in [-0.15, -0.1) is 0 Å². The number of carbonyl (C=O) groups is 7. The standard InChI is InChI=1S/C35H46O20/c1-11-47-35(43)15(2)26(54-33(42)22-12-23(44-9)27(48-17(4)37)24(13-22)45-10)30(51-20(7)40)32(35)55-34-31(52-21(8)41)29(50-19(6)39)28(49-18(5)38)25(53-34)14-46-16(3)36/h12-13,15,25-26,28-32,34,43H,11,14H2,1-10H3/t15-,25+,26+,28+,29-,30-,31+,32+,34-,35-/m0/s1. The number of hydrogen-bond donors (Lipinski definition) is 1. The summed E-state index contributed by atoms with van der Waals surface area (Å²) in [5.74, 6) is -10.1. The molecule has 1 saturated heterocycles. The van der Waals surface area contributed by atoms with Gasteiger partial charge < -0.3 is 61.9 Å². The van der Waals surface area contributed by atoms with Crippen molar-refractivity contribution in [3.8, 4) is 17.2 Å². The first-order chi connectivity index (χ1) is 25.8. The maximum Gasteiger partial charge on any atom is 0.338 e. The third-order valence-electron chi connectivity index (χ3n) is 8.27. The van der Waals surface area contributed by atoms with Crippen molar-refractivity contribution in [2.24, 2.45) is 5.92 Å². The Morgan fingerprint density at radius 3 is 1.67 bits per heavy atom. The monoisotopic (exact) mass is 786 g/mol. The number of methoxy groups -OCH3 is 2. The van der Waals surface area contributed by atoms with Gasteiger partial charge in [-0.3, -0.25) is 28.8 Å². The van der Waals surface area contributed by atoms with E-state index >= 15 is 0 Å². The molecule has 2 aliphatic rings. The number of carbonyl (C=O) groups excluding carboxylic acids is 7. The summed E-state index contributed by atoms with van der Waals surface area (Å²) in [4.78, 5) is 86.8. The van der Waals surface area contributed by atoms with E-state index in [2.05, 4.69) is 0 Å². The summed E-state index contributed by atoms with van der Waals surface area (Å²) in [6.45, 7) is 8.55. The summed E-state index contributed by atoms with van der Waals surface area (Å²) < 4.78 is 66.7. The SMILES string of the molecule is CCO[C@]1(O)[C@H](O[C@@H]2O[C@H](COC(C)=O)[C@@H](OC(C)=O)[C@H](OC(C)=O)[C@H]2OC(C)=O)[C@@H](OC(C)=O)[C@H](OC(=O)c2cc(OC)c(OC(C)=O)c(OC)c2)[C@@H]1C. The van der Waals surface area contributed by atoms with Gasteiger partial charge in [-0.1, -0.05) is 6.92 Å². The normalized spacial score (nSPS) is 28.5. The Kier molecular flexibility index (Phi) is 15.3. The lowest BCUT2D eigenvalue weighted by Gasteiger charge is -2.45. The molecule has 1 heterocycles. The molecule has 0 aromatic heterocycles. The molecule has 3 rings (SSSR count). The molecule has 0 unspecified atom stereocenters. The quantitative estimate of drug-likeness (QED) is 0.112. The number of aliphatic hydroxyl groups is 1. The Morgan fingerprint density at radius 2 is 1.20 bits per heavy atom. The van der Waals surface area contributed by atoms with E-state index in [1.165, 1.54) is 40.2 Å². The van der Waals surface area contributed by atoms with Gasteiger partial charge in [0.15, 0.2) is 48.3 Å². The van der Waals surface area contributed by atoms with Gasteiger partial charge in [0.2, 0.25) is 11.5 Å². The predicted molar refractivity (Wildman–Crippen MR) is 178 cm³/mol. The Balaban J connectivity index is 2.15. The minimum absolute atomic E-state index is 0.0757. The van der Waals surface area contributed by atoms with E-state index in [-0.39, 0.29) is 29.4 Å². The topological polar surface area (TPSA) is 250 Å². The van der Waals surface area contributed by atoms with Crippen molar-refractivity contribution >= 4 is 41.8 Å². The number of benzene rings is 1. The van der Waals surface area contributed by atoms with Crippen LogP contribution in [0.5, 0.6) is 17.2 Å². The van der Waals surface area contributed by atoms with Crippen molar-refractivity contribution in [1.82, 2.24) is 0 Å². The summed E-state index contributed by atoms with van der Waals surface area (Å²) in [6.07, 6.45) is -13.2. The third-order valence-corrected chi connectivity index (χ3v) is 8.27. The highest BCUT2D eigenvalue weighted by Gasteiger charge is 2.66. The van der Waals surface area contributed by atoms with Gasteiger partial charge in [-0.2, -0.15) is 0 Å². The van der Waals surface area contributed by atoms with Gasteiger partial charge in [-0.05, 0) is 19.1 Å². The number of esters is 7. The van der Waals surface area contributed by atoms with E-state index in [9.17, 15) is 38.7 Å². The van der Waals surface area contributed by atoms with E-state index in [1.54, 1.807) is 0 Å². The van der Waals surface area contributed by atoms with Gasteiger partial charge in [-0.25, -0.2) is 4.79 Å². The van der Waals surface area contributed by atoms with E-state index < -0.39 is 109 Å². The highest BCUT2D eigenvalue weighted by molar-refractivity contribution is 5.91. The third kappa shape index (κ3) is 10.8. The molecule has 0 radical (unpaired) electrons. The van der Waals surface area contributed by atoms with Gasteiger partial charge in [0.1, 0.15) is 18.8 Å². The van der Waals surface area contributed by atoms with Crippen molar-refractivity contribution in [2.75, 3.05) is 27.4 Å². The average Bonchev–Trinajstić information content (AvgIpc) is 3.25. The van der Waals surface area contributed by atoms with Gasteiger partial charge in [0.05, 0.1) is 25.7 Å². The first-order valence-corrected chi connectivity index (χ1v) is 16.9. The molecule has 1 N–H and O–H groups in total. The van der Waals surface area contributed by atoms with E-state index in [0.717, 1.165) is 41.5 Å². The van der Waals surface area contributed by atoms with Crippen LogP contribution in [0.25, 0.3) is 0 Å². The molecule has 10 atom stereocenters. The molecule has 20 heteroatoms. The summed E-state index contributed by atoms with van der Waals surface area (Å²) >= 11 is 0. The van der Waals surface area contributed by atoms with Crippen LogP contribution in [0.15, 0.2) is 12.1 Å². The molecule has 55 heavy (non-hydrogen) atoms. The second kappa shape index (κ2) is 19.0. The van der Waals surface area contributed by atoms with Crippen LogP contribution in [-0.2, 0) is 71.4 Å². The molecule has 0 bridgehead atoms. The fourth-order valence-corrected chi connectivity index (χ4v) is 6.17. The van der Waals surface area contributed by atoms with Crippen LogP contribution in [0.1, 0.15) is 65.7 Å². The van der Waals surface area contributed by atoms with E-state index in [4.69, 9.17) is 56.8 Å². The van der Waals surface area contributed by atoms with E-state index in [1.807, 2.05) is 0 Å². The smallest absolute Gasteiger partial charge is 0.338 e. The number of ether oxygens (including phenoxy) is 12. The molecule has 20 nitrogen and oxygen atoms in total. The predicted octanol–water partition coefficient (Wildman–Crippen LogP) is 0.929. The number of hydrogen-bond acceptors (Lipinski definition) is 20. The Bertz CT molecular complexity index is 1580. The van der Waals surface area contributed by atoms with Gasteiger partial charge >= 0.3 is 41.8 Å². The second-order valence-electron chi connectivity index (χ2n) is 12.3. The molecule has 0 spiro atoms. The largest absolute Gasteiger partial charge is 0.493 e. The highest BCUT2D eigenvalue weighted by atomic mass is 16.8. The van der Waals surface area contributed by atoms with Crippen molar-refractivity contribution in [3.63, 3.8) is 0 Å². The fraction of sp³-hybridized carbons (Fsp3) is 0.629. The Morgan fingerprint density at radius 1 is 0.691 bits per heavy atom. The molecule has 1 aliphatic carbocycles. The summed E-state index contributed by atoms with van der Waals surface area (Å²) in [5.41, 5.74) is -0.178. The molecule has 306 valence electrons. The number of rotatable bonds is 15. The Hall–Kier alpha value is -5.05. The van der Waals surface area contributed by atoms with Crippen LogP contribution in [-0.4, -0.2) is 129 Å². The van der Waals surface area contributed by atoms with Crippen LogP contribution in [0.2, 0.25) is 0 Å². The van der Waals surface area contributed by atoms with Crippen molar-refractivity contribution in [1.29, 1.82) is 0 Å². The van der Waals surface area contributed by atoms with Gasteiger partial charge in [0.25, 0.3) is 0 Å². The minimum atomic E-state index is -2.45. The van der Waals surface area contributed by atoms with Crippen molar-refractivity contribution in [3.05, 3.63) is 17.7 Å². The minimum Gasteiger partial charge on any atom is -0.493 e. The van der Waals surface area contributed by atoms with Crippen molar-refractivity contribution in [2.45, 2.75) is 110 Å². The van der Waals surface area contributed by atoms with Crippen LogP contribution >= 0.6 is 0 Å². The lowest BCUT2D eigenvalue weighted by atomic mass is 9.97. The zero-order chi connectivity index (χ0) is 41.4. The molecule has 1 aromatic rings. The van der Waals surface area contributed by atoms with E-state index in [0.29, 0.717) is 0 Å². The maximum atomic E-state index is 13.8. The van der Waals surface area contributed by atoms with Crippen LogP contribution in [0, 0.1) is 5.92 Å². The lowest BCUT2D eigenvalue weighted by Crippen LogP contribution is -2.64. The fourth-order valence-electron chi connectivity index (χ4n) is 6.17. The molecule has 1 aliphatic heterocycles. The van der Waals surface area contributed by atoms with Crippen LogP contribution < -0.4 is 14.2 Å². The summed E-state index contributed by atoms with van der Waals surface area (Å²) in [6, 6.07) is 2.40. The van der Waals surface area contributed by atoms with Gasteiger partial charge in [0, 0.05) is 48.1 Å². The first kappa shape index (κ1) is 44.3. The molecular formula is C35H46O20. The summed E-state index contributed by atoms with van der Waals surface area (Å²) in [7, 11) is 2.51. The average molecular weight is 787 g/mol. The lowest BCUT2D eigenvalue weighted by molar-refractivity contribution is -0.355. The van der Waals surface area contributed by atoms with Crippen LogP contribution in [0.4, 0.5) is 0 Å². The molecular weight excluding hydrogens is 740 g/mol.